The molecular formula is C17H14N2O2. The fourth-order valence-corrected chi connectivity index (χ4v) is 2.07. The van der Waals surface area contributed by atoms with E-state index in [0.717, 1.165) is 11.3 Å². The average Bonchev–Trinajstić information content (AvgIpc) is 2.53. The molecule has 104 valence electrons. The highest BCUT2D eigenvalue weighted by Crippen LogP contribution is 2.13. The van der Waals surface area contributed by atoms with Crippen molar-refractivity contribution in [2.24, 2.45) is 0 Å². The van der Waals surface area contributed by atoms with Gasteiger partial charge in [-0.1, -0.05) is 30.3 Å². The number of ether oxygens (including phenoxy) is 1. The minimum absolute atomic E-state index is 0.130. The lowest BCUT2D eigenvalue weighted by molar-refractivity contribution is 0.415. The molecule has 2 aromatic carbocycles. The largest absolute Gasteiger partial charge is 0.497 e. The van der Waals surface area contributed by atoms with Crippen LogP contribution >= 0.6 is 0 Å². The van der Waals surface area contributed by atoms with Crippen molar-refractivity contribution in [3.05, 3.63) is 70.3 Å². The standard InChI is InChI=1S/C17H14N2O2/c1-21-13-9-6-12(7-10-13)8-11-16-18-15-5-3-2-4-14(15)17(20)19-16/h2-11H,1H3,(H,18,19,20). The van der Waals surface area contributed by atoms with Gasteiger partial charge in [-0.15, -0.1) is 0 Å². The first-order valence-corrected chi connectivity index (χ1v) is 6.57. The van der Waals surface area contributed by atoms with Crippen LogP contribution < -0.4 is 10.3 Å². The van der Waals surface area contributed by atoms with Crippen LogP contribution in [-0.4, -0.2) is 17.1 Å². The van der Waals surface area contributed by atoms with Gasteiger partial charge in [-0.05, 0) is 35.9 Å². The Kier molecular flexibility index (Phi) is 3.51. The van der Waals surface area contributed by atoms with Gasteiger partial charge >= 0.3 is 0 Å². The number of fused-ring (bicyclic) bond motifs is 1. The number of benzene rings is 2. The predicted molar refractivity (Wildman–Crippen MR) is 84.3 cm³/mol. The quantitative estimate of drug-likeness (QED) is 0.801. The smallest absolute Gasteiger partial charge is 0.259 e. The Morgan fingerprint density at radius 2 is 1.81 bits per heavy atom. The normalized spacial score (nSPS) is 11.1. The number of nitrogens with one attached hydrogen (secondary N) is 1. The zero-order chi connectivity index (χ0) is 14.7. The number of aromatic nitrogens is 2. The summed E-state index contributed by atoms with van der Waals surface area (Å²) in [6, 6.07) is 14.9. The Labute approximate surface area is 121 Å². The summed E-state index contributed by atoms with van der Waals surface area (Å²) in [7, 11) is 1.63. The molecule has 0 aliphatic carbocycles. The van der Waals surface area contributed by atoms with Crippen molar-refractivity contribution in [3.8, 4) is 5.75 Å². The van der Waals surface area contributed by atoms with Gasteiger partial charge in [0.1, 0.15) is 11.6 Å². The van der Waals surface area contributed by atoms with Crippen LogP contribution in [-0.2, 0) is 0 Å². The maximum absolute atomic E-state index is 11.9. The molecule has 0 bridgehead atoms. The summed E-state index contributed by atoms with van der Waals surface area (Å²) in [6.45, 7) is 0. The van der Waals surface area contributed by atoms with Crippen LogP contribution in [0.15, 0.2) is 53.3 Å². The number of nitrogens with zero attached hydrogens (tertiary/aromatic N) is 1. The molecule has 0 aliphatic heterocycles. The zero-order valence-corrected chi connectivity index (χ0v) is 11.5. The molecule has 0 aliphatic rings. The maximum Gasteiger partial charge on any atom is 0.259 e. The number of para-hydroxylation sites is 1. The average molecular weight is 278 g/mol. The van der Waals surface area contributed by atoms with Crippen molar-refractivity contribution in [1.82, 2.24) is 9.97 Å². The van der Waals surface area contributed by atoms with E-state index in [0.29, 0.717) is 16.7 Å². The predicted octanol–water partition coefficient (Wildman–Crippen LogP) is 3.10. The van der Waals surface area contributed by atoms with Gasteiger partial charge in [0.05, 0.1) is 18.0 Å². The molecule has 1 N–H and O–H groups in total. The third kappa shape index (κ3) is 2.84. The Hall–Kier alpha value is -2.88. The first kappa shape index (κ1) is 13.1. The lowest BCUT2D eigenvalue weighted by Gasteiger charge is -2.00. The lowest BCUT2D eigenvalue weighted by atomic mass is 10.2. The van der Waals surface area contributed by atoms with Crippen LogP contribution in [0, 0.1) is 0 Å². The van der Waals surface area contributed by atoms with E-state index in [1.807, 2.05) is 48.5 Å². The molecule has 0 atom stereocenters. The summed E-state index contributed by atoms with van der Waals surface area (Å²) in [4.78, 5) is 19.1. The maximum atomic E-state index is 11.9. The van der Waals surface area contributed by atoms with E-state index >= 15 is 0 Å². The molecule has 0 unspecified atom stereocenters. The van der Waals surface area contributed by atoms with Crippen LogP contribution in [0.2, 0.25) is 0 Å². The fraction of sp³-hybridized carbons (Fsp3) is 0.0588. The van der Waals surface area contributed by atoms with E-state index in [-0.39, 0.29) is 5.56 Å². The minimum Gasteiger partial charge on any atom is -0.497 e. The monoisotopic (exact) mass is 278 g/mol. The van der Waals surface area contributed by atoms with Gasteiger partial charge in [0, 0.05) is 0 Å². The molecule has 3 aromatic rings. The second kappa shape index (κ2) is 5.63. The molecule has 0 fully saturated rings. The second-order valence-electron chi connectivity index (χ2n) is 4.57. The molecule has 21 heavy (non-hydrogen) atoms. The highest BCUT2D eigenvalue weighted by atomic mass is 16.5. The topological polar surface area (TPSA) is 55.0 Å². The number of hydrogen-bond acceptors (Lipinski definition) is 3. The molecule has 4 heteroatoms. The zero-order valence-electron chi connectivity index (χ0n) is 11.5. The molecule has 0 spiro atoms. The van der Waals surface area contributed by atoms with Gasteiger partial charge in [0.25, 0.3) is 5.56 Å². The third-order valence-electron chi connectivity index (χ3n) is 3.18. The van der Waals surface area contributed by atoms with Gasteiger partial charge in [-0.3, -0.25) is 4.79 Å². The molecule has 3 rings (SSSR count). The SMILES string of the molecule is COc1ccc(C=Cc2nc3ccccc3c(=O)[nH]2)cc1. The minimum atomic E-state index is -0.130. The van der Waals surface area contributed by atoms with E-state index in [1.54, 1.807) is 19.3 Å². The van der Waals surface area contributed by atoms with Gasteiger partial charge in [0.2, 0.25) is 0 Å². The Balaban J connectivity index is 1.93. The summed E-state index contributed by atoms with van der Waals surface area (Å²) < 4.78 is 5.11. The van der Waals surface area contributed by atoms with Crippen LogP contribution in [0.5, 0.6) is 5.75 Å². The van der Waals surface area contributed by atoms with Crippen molar-refractivity contribution in [2.45, 2.75) is 0 Å². The summed E-state index contributed by atoms with van der Waals surface area (Å²) in [5.74, 6) is 1.35. The van der Waals surface area contributed by atoms with Crippen molar-refractivity contribution < 1.29 is 4.74 Å². The molecule has 1 heterocycles. The molecule has 0 amide bonds. The second-order valence-corrected chi connectivity index (χ2v) is 4.57. The van der Waals surface area contributed by atoms with Crippen molar-refractivity contribution >= 4 is 23.1 Å². The lowest BCUT2D eigenvalue weighted by Crippen LogP contribution is -2.09. The van der Waals surface area contributed by atoms with Gasteiger partial charge < -0.3 is 9.72 Å². The number of rotatable bonds is 3. The summed E-state index contributed by atoms with van der Waals surface area (Å²) in [6.07, 6.45) is 3.68. The highest BCUT2D eigenvalue weighted by Gasteiger charge is 2.00. The Bertz CT molecular complexity index is 849. The third-order valence-corrected chi connectivity index (χ3v) is 3.18. The van der Waals surface area contributed by atoms with Crippen molar-refractivity contribution in [1.29, 1.82) is 0 Å². The van der Waals surface area contributed by atoms with E-state index in [1.165, 1.54) is 0 Å². The number of methoxy groups -OCH3 is 1. The molecular weight excluding hydrogens is 264 g/mol. The van der Waals surface area contributed by atoms with Gasteiger partial charge in [-0.2, -0.15) is 0 Å². The van der Waals surface area contributed by atoms with E-state index < -0.39 is 0 Å². The van der Waals surface area contributed by atoms with Crippen LogP contribution in [0.1, 0.15) is 11.4 Å². The van der Waals surface area contributed by atoms with Crippen molar-refractivity contribution in [2.75, 3.05) is 7.11 Å². The van der Waals surface area contributed by atoms with E-state index in [2.05, 4.69) is 9.97 Å². The summed E-state index contributed by atoms with van der Waals surface area (Å²) >= 11 is 0. The molecule has 4 nitrogen and oxygen atoms in total. The first-order valence-electron chi connectivity index (χ1n) is 6.57. The van der Waals surface area contributed by atoms with Gasteiger partial charge in [-0.25, -0.2) is 4.98 Å². The molecule has 0 saturated heterocycles. The Morgan fingerprint density at radius 3 is 2.57 bits per heavy atom. The molecule has 1 aromatic heterocycles. The fourth-order valence-electron chi connectivity index (χ4n) is 2.07. The van der Waals surface area contributed by atoms with Crippen LogP contribution in [0.25, 0.3) is 23.1 Å². The first-order chi connectivity index (χ1) is 10.3. The number of H-pyrrole nitrogens is 1. The summed E-state index contributed by atoms with van der Waals surface area (Å²) in [5, 5.41) is 0.596. The highest BCUT2D eigenvalue weighted by molar-refractivity contribution is 5.78. The van der Waals surface area contributed by atoms with Gasteiger partial charge in [0.15, 0.2) is 0 Å². The van der Waals surface area contributed by atoms with Crippen LogP contribution in [0.4, 0.5) is 0 Å². The van der Waals surface area contributed by atoms with E-state index in [9.17, 15) is 4.79 Å². The van der Waals surface area contributed by atoms with Crippen molar-refractivity contribution in [3.63, 3.8) is 0 Å². The Morgan fingerprint density at radius 1 is 1.05 bits per heavy atom. The summed E-state index contributed by atoms with van der Waals surface area (Å²) in [5.41, 5.74) is 1.57. The van der Waals surface area contributed by atoms with E-state index in [4.69, 9.17) is 4.74 Å². The number of hydrogen-bond donors (Lipinski definition) is 1. The number of aromatic amines is 1. The molecule has 0 saturated carbocycles. The molecule has 0 radical (unpaired) electrons. The van der Waals surface area contributed by atoms with Crippen LogP contribution in [0.3, 0.4) is 0 Å².